The van der Waals surface area contributed by atoms with Gasteiger partial charge in [0, 0.05) is 0 Å². The van der Waals surface area contributed by atoms with E-state index in [-0.39, 0.29) is 34.5 Å². The average molecular weight is 452 g/mol. The van der Waals surface area contributed by atoms with Crippen molar-refractivity contribution in [3.63, 3.8) is 0 Å². The Morgan fingerprint density at radius 1 is 0.265 bits per heavy atom. The van der Waals surface area contributed by atoms with E-state index < -0.39 is 0 Å². The van der Waals surface area contributed by atoms with Crippen LogP contribution in [0.5, 0.6) is 34.5 Å². The van der Waals surface area contributed by atoms with Gasteiger partial charge in [-0.15, -0.1) is 0 Å². The normalized spacial score (nSPS) is 11.1. The van der Waals surface area contributed by atoms with Gasteiger partial charge in [0.1, 0.15) is 0 Å². The van der Waals surface area contributed by atoms with Gasteiger partial charge in [0.2, 0.25) is 0 Å². The van der Waals surface area contributed by atoms with E-state index in [1.54, 1.807) is 24.3 Å². The molecule has 6 aromatic rings. The van der Waals surface area contributed by atoms with Crippen LogP contribution in [0.4, 0.5) is 0 Å². The number of hydrogen-bond donors (Lipinski definition) is 6. The third-order valence-electron chi connectivity index (χ3n) is 5.78. The second kappa shape index (κ2) is 7.94. The van der Waals surface area contributed by atoms with Crippen molar-refractivity contribution in [3.8, 4) is 34.5 Å². The van der Waals surface area contributed by atoms with Crippen LogP contribution < -0.4 is 0 Å². The maximum Gasteiger partial charge on any atom is 0.158 e. The van der Waals surface area contributed by atoms with Crippen molar-refractivity contribution in [2.24, 2.45) is 0 Å². The van der Waals surface area contributed by atoms with Crippen LogP contribution in [-0.4, -0.2) is 30.6 Å². The third kappa shape index (κ3) is 3.78. The van der Waals surface area contributed by atoms with Crippen LogP contribution >= 0.6 is 0 Å². The van der Waals surface area contributed by atoms with Gasteiger partial charge in [-0.25, -0.2) is 0 Å². The van der Waals surface area contributed by atoms with E-state index in [2.05, 4.69) is 0 Å². The molecule has 0 bridgehead atoms. The Hall–Kier alpha value is -4.84. The molecule has 6 nitrogen and oxygen atoms in total. The summed E-state index contributed by atoms with van der Waals surface area (Å²) < 4.78 is 0. The molecule has 6 heteroatoms. The Bertz CT molecular complexity index is 1530. The standard InChI is InChI=1S/C14H10O4.C14H10O2/c15-11-3-7-1-8-4-12(16)14(18)6-10(8)2-9(7)5-13(11)17;15-13-7-11-5-9-3-1-2-4-10(9)6-12(11)8-14(13)16/h1-6,15-18H;1-8,15-16H. The predicted molar refractivity (Wildman–Crippen MR) is 133 cm³/mol. The number of rotatable bonds is 0. The number of fused-ring (bicyclic) bond motifs is 4. The minimum atomic E-state index is -0.190. The predicted octanol–water partition coefficient (Wildman–Crippen LogP) is 6.22. The number of phenols is 6. The van der Waals surface area contributed by atoms with Gasteiger partial charge in [-0.2, -0.15) is 0 Å². The number of phenolic OH excluding ortho intramolecular Hbond substituents is 6. The first-order chi connectivity index (χ1) is 16.3. The Kier molecular flexibility index (Phi) is 4.91. The molecule has 0 aromatic heterocycles. The molecule has 0 atom stereocenters. The molecule has 0 aliphatic carbocycles. The zero-order valence-corrected chi connectivity index (χ0v) is 17.8. The van der Waals surface area contributed by atoms with E-state index in [1.165, 1.54) is 24.3 Å². The SMILES string of the molecule is Oc1cc2cc3cc(O)c(O)cc3cc2cc1O.Oc1cc2cc3ccccc3cc2cc1O. The molecule has 6 aromatic carbocycles. The largest absolute Gasteiger partial charge is 0.504 e. The lowest BCUT2D eigenvalue weighted by Gasteiger charge is -2.06. The highest BCUT2D eigenvalue weighted by molar-refractivity contribution is 6.01. The summed E-state index contributed by atoms with van der Waals surface area (Å²) in [5, 5.41) is 63.7. The van der Waals surface area contributed by atoms with Crippen LogP contribution in [0.15, 0.2) is 84.9 Å². The fourth-order valence-electron chi connectivity index (χ4n) is 4.02. The molecule has 6 N–H and O–H groups in total. The molecular weight excluding hydrogens is 432 g/mol. The van der Waals surface area contributed by atoms with Gasteiger partial charge in [0.25, 0.3) is 0 Å². The molecule has 0 aliphatic rings. The number of aromatic hydroxyl groups is 6. The van der Waals surface area contributed by atoms with Crippen LogP contribution in [0.3, 0.4) is 0 Å². The topological polar surface area (TPSA) is 121 Å². The summed E-state index contributed by atoms with van der Waals surface area (Å²) in [5.74, 6) is -0.921. The summed E-state index contributed by atoms with van der Waals surface area (Å²) in [7, 11) is 0. The summed E-state index contributed by atoms with van der Waals surface area (Å²) in [6, 6.07) is 24.5. The van der Waals surface area contributed by atoms with E-state index >= 15 is 0 Å². The fourth-order valence-corrected chi connectivity index (χ4v) is 4.02. The van der Waals surface area contributed by atoms with Gasteiger partial charge >= 0.3 is 0 Å². The first-order valence-corrected chi connectivity index (χ1v) is 10.4. The minimum Gasteiger partial charge on any atom is -0.504 e. The zero-order valence-electron chi connectivity index (χ0n) is 17.8. The highest BCUT2D eigenvalue weighted by atomic mass is 16.3. The van der Waals surface area contributed by atoms with Crippen molar-refractivity contribution in [2.45, 2.75) is 0 Å². The molecule has 0 saturated heterocycles. The number of hydrogen-bond acceptors (Lipinski definition) is 6. The van der Waals surface area contributed by atoms with Crippen LogP contribution in [0, 0.1) is 0 Å². The van der Waals surface area contributed by atoms with Crippen molar-refractivity contribution >= 4 is 43.1 Å². The van der Waals surface area contributed by atoms with Crippen molar-refractivity contribution in [1.82, 2.24) is 0 Å². The number of benzene rings is 6. The summed E-state index contributed by atoms with van der Waals surface area (Å²) >= 11 is 0. The van der Waals surface area contributed by atoms with E-state index in [1.807, 2.05) is 36.4 Å². The van der Waals surface area contributed by atoms with Gasteiger partial charge < -0.3 is 30.6 Å². The lowest BCUT2D eigenvalue weighted by Crippen LogP contribution is -1.78. The van der Waals surface area contributed by atoms with Crippen LogP contribution in [0.2, 0.25) is 0 Å². The fraction of sp³-hybridized carbons (Fsp3) is 0. The van der Waals surface area contributed by atoms with Crippen molar-refractivity contribution < 1.29 is 30.6 Å². The monoisotopic (exact) mass is 452 g/mol. The summed E-state index contributed by atoms with van der Waals surface area (Å²) in [6.45, 7) is 0. The summed E-state index contributed by atoms with van der Waals surface area (Å²) in [5.41, 5.74) is 0. The Labute approximate surface area is 193 Å². The van der Waals surface area contributed by atoms with Crippen LogP contribution in [0.1, 0.15) is 0 Å². The zero-order chi connectivity index (χ0) is 24.0. The maximum atomic E-state index is 9.45. The van der Waals surface area contributed by atoms with Gasteiger partial charge in [0.05, 0.1) is 0 Å². The molecule has 0 aliphatic heterocycles. The molecule has 34 heavy (non-hydrogen) atoms. The first-order valence-electron chi connectivity index (χ1n) is 10.4. The molecular formula is C28H20O6. The summed E-state index contributed by atoms with van der Waals surface area (Å²) in [6.07, 6.45) is 0. The Balaban J connectivity index is 0.000000142. The first kappa shape index (κ1) is 21.0. The molecule has 0 saturated carbocycles. The van der Waals surface area contributed by atoms with E-state index in [0.29, 0.717) is 0 Å². The highest BCUT2D eigenvalue weighted by Crippen LogP contribution is 2.36. The van der Waals surface area contributed by atoms with Gasteiger partial charge in [-0.3, -0.25) is 0 Å². The smallest absolute Gasteiger partial charge is 0.158 e. The molecule has 0 amide bonds. The summed E-state index contributed by atoms with van der Waals surface area (Å²) in [4.78, 5) is 0. The molecule has 0 fully saturated rings. The second-order valence-corrected chi connectivity index (χ2v) is 8.12. The highest BCUT2D eigenvalue weighted by Gasteiger charge is 2.07. The molecule has 0 radical (unpaired) electrons. The van der Waals surface area contributed by atoms with Crippen molar-refractivity contribution in [1.29, 1.82) is 0 Å². The third-order valence-corrected chi connectivity index (χ3v) is 5.78. The molecule has 0 heterocycles. The van der Waals surface area contributed by atoms with Crippen molar-refractivity contribution in [2.75, 3.05) is 0 Å². The average Bonchev–Trinajstić information content (AvgIpc) is 2.80. The lowest BCUT2D eigenvalue weighted by atomic mass is 10.0. The molecule has 168 valence electrons. The van der Waals surface area contributed by atoms with E-state index in [9.17, 15) is 30.6 Å². The molecule has 0 spiro atoms. The Morgan fingerprint density at radius 2 is 0.471 bits per heavy atom. The van der Waals surface area contributed by atoms with E-state index in [4.69, 9.17) is 0 Å². The molecule has 0 unspecified atom stereocenters. The van der Waals surface area contributed by atoms with Gasteiger partial charge in [0.15, 0.2) is 34.5 Å². The Morgan fingerprint density at radius 3 is 0.706 bits per heavy atom. The van der Waals surface area contributed by atoms with Crippen LogP contribution in [-0.2, 0) is 0 Å². The quantitative estimate of drug-likeness (QED) is 0.120. The van der Waals surface area contributed by atoms with E-state index in [0.717, 1.165) is 43.1 Å². The molecule has 6 rings (SSSR count). The van der Waals surface area contributed by atoms with Gasteiger partial charge in [-0.05, 0) is 104 Å². The maximum absolute atomic E-state index is 9.45. The van der Waals surface area contributed by atoms with Crippen LogP contribution in [0.25, 0.3) is 43.1 Å². The van der Waals surface area contributed by atoms with Gasteiger partial charge in [-0.1, -0.05) is 24.3 Å². The minimum absolute atomic E-state index is 0.0808. The second-order valence-electron chi connectivity index (χ2n) is 8.12. The van der Waals surface area contributed by atoms with Crippen molar-refractivity contribution in [3.05, 3.63) is 84.9 Å². The lowest BCUT2D eigenvalue weighted by molar-refractivity contribution is 0.404.